The number of hydrogen-bond acceptors (Lipinski definition) is 5. The molecule has 1 atom stereocenters. The van der Waals surface area contributed by atoms with Gasteiger partial charge in [-0.25, -0.2) is 0 Å². The molecule has 1 amide bonds. The van der Waals surface area contributed by atoms with Crippen molar-refractivity contribution in [1.82, 2.24) is 0 Å². The second-order valence-electron chi connectivity index (χ2n) is 7.97. The Kier molecular flexibility index (Phi) is 6.18. The van der Waals surface area contributed by atoms with E-state index >= 15 is 0 Å². The van der Waals surface area contributed by atoms with E-state index in [0.29, 0.717) is 28.3 Å². The molecule has 4 rings (SSSR count). The van der Waals surface area contributed by atoms with Gasteiger partial charge in [-0.05, 0) is 55.8 Å². The first-order valence-electron chi connectivity index (χ1n) is 10.7. The highest BCUT2D eigenvalue weighted by Gasteiger charge is 2.46. The van der Waals surface area contributed by atoms with E-state index in [1.807, 2.05) is 19.9 Å². The van der Waals surface area contributed by atoms with Crippen LogP contribution >= 0.6 is 0 Å². The van der Waals surface area contributed by atoms with E-state index in [2.05, 4.69) is 0 Å². The second kappa shape index (κ2) is 9.20. The van der Waals surface area contributed by atoms with Crippen molar-refractivity contribution in [2.24, 2.45) is 0 Å². The maximum atomic E-state index is 13.2. The van der Waals surface area contributed by atoms with E-state index in [-0.39, 0.29) is 17.4 Å². The topological polar surface area (TPSA) is 76.1 Å². The highest BCUT2D eigenvalue weighted by Crippen LogP contribution is 2.42. The molecule has 1 aliphatic rings. The fourth-order valence-electron chi connectivity index (χ4n) is 3.93. The number of Topliss-reactive ketones (excluding diaryl/α,β-unsaturated/α-hetero) is 1. The minimum absolute atomic E-state index is 0.0238. The van der Waals surface area contributed by atoms with Crippen LogP contribution in [0, 0.1) is 0 Å². The van der Waals surface area contributed by atoms with Crippen molar-refractivity contribution in [2.75, 3.05) is 12.0 Å². The molecular formula is C27H25NO5. The smallest absolute Gasteiger partial charge is 0.300 e. The monoisotopic (exact) mass is 443 g/mol. The number of hydrogen-bond donors (Lipinski definition) is 1. The molecule has 33 heavy (non-hydrogen) atoms. The molecule has 1 N–H and O–H groups in total. The predicted octanol–water partition coefficient (Wildman–Crippen LogP) is 5.11. The Labute approximate surface area is 192 Å². The van der Waals surface area contributed by atoms with Crippen LogP contribution in [0.5, 0.6) is 11.5 Å². The lowest BCUT2D eigenvalue weighted by molar-refractivity contribution is -0.132. The van der Waals surface area contributed by atoms with Crippen LogP contribution in [0.15, 0.2) is 84.4 Å². The largest absolute Gasteiger partial charge is 0.507 e. The SMILES string of the molecule is COc1ccc(C2/C(=C(/O)c3cccc(OC(C)C)c3)C(=O)C(=O)N2c2ccccc2)cc1. The van der Waals surface area contributed by atoms with Crippen LogP contribution in [0.2, 0.25) is 0 Å². The Morgan fingerprint density at radius 3 is 2.24 bits per heavy atom. The number of carbonyl (C=O) groups is 2. The summed E-state index contributed by atoms with van der Waals surface area (Å²) in [5.41, 5.74) is 1.67. The minimum atomic E-state index is -0.798. The average molecular weight is 443 g/mol. The van der Waals surface area contributed by atoms with Crippen molar-refractivity contribution in [1.29, 1.82) is 0 Å². The van der Waals surface area contributed by atoms with E-state index in [0.717, 1.165) is 0 Å². The standard InChI is InChI=1S/C27H25NO5/c1-17(2)33-22-11-7-8-19(16-22)25(29)23-24(18-12-14-21(32-3)15-13-18)28(27(31)26(23)30)20-9-5-4-6-10-20/h4-17,24,29H,1-3H3/b25-23-. The van der Waals surface area contributed by atoms with Crippen molar-refractivity contribution in [3.8, 4) is 11.5 Å². The molecule has 0 spiro atoms. The summed E-state index contributed by atoms with van der Waals surface area (Å²) in [7, 11) is 1.57. The highest BCUT2D eigenvalue weighted by molar-refractivity contribution is 6.51. The van der Waals surface area contributed by atoms with Gasteiger partial charge in [0.05, 0.1) is 24.8 Å². The summed E-state index contributed by atoms with van der Waals surface area (Å²) in [5.74, 6) is -0.478. The third-order valence-electron chi connectivity index (χ3n) is 5.39. The van der Waals surface area contributed by atoms with Crippen molar-refractivity contribution in [2.45, 2.75) is 26.0 Å². The highest BCUT2D eigenvalue weighted by atomic mass is 16.5. The quantitative estimate of drug-likeness (QED) is 0.326. The fourth-order valence-corrected chi connectivity index (χ4v) is 3.93. The lowest BCUT2D eigenvalue weighted by Gasteiger charge is -2.25. The first kappa shape index (κ1) is 22.1. The Balaban J connectivity index is 1.89. The summed E-state index contributed by atoms with van der Waals surface area (Å²) < 4.78 is 11.0. The molecule has 0 aromatic heterocycles. The van der Waals surface area contributed by atoms with Crippen molar-refractivity contribution >= 4 is 23.1 Å². The molecule has 0 bridgehead atoms. The van der Waals surface area contributed by atoms with Gasteiger partial charge in [-0.2, -0.15) is 0 Å². The first-order valence-corrected chi connectivity index (χ1v) is 10.7. The van der Waals surface area contributed by atoms with Gasteiger partial charge in [0.2, 0.25) is 0 Å². The molecule has 0 saturated carbocycles. The molecule has 6 nitrogen and oxygen atoms in total. The zero-order valence-electron chi connectivity index (χ0n) is 18.7. The number of methoxy groups -OCH3 is 1. The Bertz CT molecular complexity index is 1200. The van der Waals surface area contributed by atoms with Crippen LogP contribution in [0.4, 0.5) is 5.69 Å². The van der Waals surface area contributed by atoms with Gasteiger partial charge < -0.3 is 14.6 Å². The molecule has 6 heteroatoms. The number of rotatable bonds is 6. The number of aliphatic hydroxyl groups excluding tert-OH is 1. The summed E-state index contributed by atoms with van der Waals surface area (Å²) in [4.78, 5) is 27.8. The van der Waals surface area contributed by atoms with E-state index in [1.54, 1.807) is 79.9 Å². The van der Waals surface area contributed by atoms with Crippen molar-refractivity contribution < 1.29 is 24.2 Å². The Morgan fingerprint density at radius 2 is 1.61 bits per heavy atom. The van der Waals surface area contributed by atoms with Gasteiger partial charge in [0, 0.05) is 11.3 Å². The molecule has 3 aromatic rings. The van der Waals surface area contributed by atoms with Gasteiger partial charge in [-0.3, -0.25) is 14.5 Å². The Morgan fingerprint density at radius 1 is 0.909 bits per heavy atom. The van der Waals surface area contributed by atoms with Gasteiger partial charge in [0.15, 0.2) is 0 Å². The van der Waals surface area contributed by atoms with Crippen LogP contribution < -0.4 is 14.4 Å². The number of carbonyl (C=O) groups excluding carboxylic acids is 2. The zero-order valence-corrected chi connectivity index (χ0v) is 18.7. The molecular weight excluding hydrogens is 418 g/mol. The number of ketones is 1. The zero-order chi connectivity index (χ0) is 23.5. The fraction of sp³-hybridized carbons (Fsp3) is 0.185. The van der Waals surface area contributed by atoms with Crippen LogP contribution in [-0.2, 0) is 9.59 Å². The number of para-hydroxylation sites is 1. The lowest BCUT2D eigenvalue weighted by Crippen LogP contribution is -2.29. The summed E-state index contributed by atoms with van der Waals surface area (Å²) in [5, 5.41) is 11.3. The maximum absolute atomic E-state index is 13.2. The maximum Gasteiger partial charge on any atom is 0.300 e. The molecule has 0 aliphatic carbocycles. The first-order chi connectivity index (χ1) is 15.9. The molecule has 1 heterocycles. The third-order valence-corrected chi connectivity index (χ3v) is 5.39. The Hall–Kier alpha value is -4.06. The molecule has 1 fully saturated rings. The summed E-state index contributed by atoms with van der Waals surface area (Å²) in [6.07, 6.45) is -0.0506. The third kappa shape index (κ3) is 4.32. The summed E-state index contributed by atoms with van der Waals surface area (Å²) >= 11 is 0. The summed E-state index contributed by atoms with van der Waals surface area (Å²) in [6, 6.07) is 22.1. The van der Waals surface area contributed by atoms with Crippen LogP contribution in [0.25, 0.3) is 5.76 Å². The molecule has 0 radical (unpaired) electrons. The second-order valence-corrected chi connectivity index (χ2v) is 7.97. The van der Waals surface area contributed by atoms with Gasteiger partial charge in [0.1, 0.15) is 17.3 Å². The number of ether oxygens (including phenoxy) is 2. The van der Waals surface area contributed by atoms with Crippen molar-refractivity contribution in [3.63, 3.8) is 0 Å². The van der Waals surface area contributed by atoms with E-state index in [1.165, 1.54) is 4.90 Å². The average Bonchev–Trinajstić information content (AvgIpc) is 3.09. The van der Waals surface area contributed by atoms with Gasteiger partial charge in [0.25, 0.3) is 11.7 Å². The number of anilines is 1. The van der Waals surface area contributed by atoms with Crippen LogP contribution in [-0.4, -0.2) is 30.0 Å². The van der Waals surface area contributed by atoms with Crippen LogP contribution in [0.3, 0.4) is 0 Å². The molecule has 168 valence electrons. The van der Waals surface area contributed by atoms with Crippen LogP contribution in [0.1, 0.15) is 31.0 Å². The lowest BCUT2D eigenvalue weighted by atomic mass is 9.95. The molecule has 1 unspecified atom stereocenters. The minimum Gasteiger partial charge on any atom is -0.507 e. The summed E-state index contributed by atoms with van der Waals surface area (Å²) in [6.45, 7) is 3.81. The number of amides is 1. The number of benzene rings is 3. The van der Waals surface area contributed by atoms with Crippen molar-refractivity contribution in [3.05, 3.63) is 95.6 Å². The van der Waals surface area contributed by atoms with Gasteiger partial charge >= 0.3 is 0 Å². The normalized spacial score (nSPS) is 17.5. The predicted molar refractivity (Wildman–Crippen MR) is 126 cm³/mol. The van der Waals surface area contributed by atoms with E-state index < -0.39 is 17.7 Å². The van der Waals surface area contributed by atoms with E-state index in [4.69, 9.17) is 9.47 Å². The van der Waals surface area contributed by atoms with E-state index in [9.17, 15) is 14.7 Å². The number of aliphatic hydroxyl groups is 1. The van der Waals surface area contributed by atoms with Gasteiger partial charge in [-0.1, -0.05) is 42.5 Å². The van der Waals surface area contributed by atoms with Gasteiger partial charge in [-0.15, -0.1) is 0 Å². The number of nitrogens with zero attached hydrogens (tertiary/aromatic N) is 1. The molecule has 1 saturated heterocycles. The molecule has 1 aliphatic heterocycles. The molecule has 3 aromatic carbocycles.